The van der Waals surface area contributed by atoms with Crippen LogP contribution in [-0.2, 0) is 0 Å². The molecule has 66 valence electrons. The van der Waals surface area contributed by atoms with E-state index in [0.717, 1.165) is 11.3 Å². The topological polar surface area (TPSA) is 88.7 Å². The lowest BCUT2D eigenvalue weighted by atomic mass is 10.1. The highest BCUT2D eigenvalue weighted by molar-refractivity contribution is 5.66. The van der Waals surface area contributed by atoms with Gasteiger partial charge in [0, 0.05) is 11.8 Å². The van der Waals surface area contributed by atoms with E-state index in [1.165, 1.54) is 6.08 Å². The fourth-order valence-electron chi connectivity index (χ4n) is 0.951. The quantitative estimate of drug-likeness (QED) is 0.624. The maximum atomic E-state index is 8.33. The largest absolute Gasteiger partial charge is 0.396 e. The normalized spacial score (nSPS) is 10.2. The Morgan fingerprint density at radius 3 is 2.85 bits per heavy atom. The Morgan fingerprint density at radius 1 is 1.54 bits per heavy atom. The lowest BCUT2D eigenvalue weighted by molar-refractivity contribution is 1.20. The number of rotatable bonds is 1. The number of nitrogen functional groups attached to an aromatic ring is 2. The number of hydrogen-bond acceptors (Lipinski definition) is 4. The second kappa shape index (κ2) is 3.59. The van der Waals surface area contributed by atoms with Crippen LogP contribution in [0.2, 0.25) is 0 Å². The SMILES string of the molecule is Cc1nc(N)c(N)cc1C=CC#N. The van der Waals surface area contributed by atoms with E-state index in [2.05, 4.69) is 4.98 Å². The van der Waals surface area contributed by atoms with Crippen molar-refractivity contribution in [1.82, 2.24) is 4.98 Å². The van der Waals surface area contributed by atoms with Gasteiger partial charge in [-0.05, 0) is 24.6 Å². The van der Waals surface area contributed by atoms with Gasteiger partial charge in [0.25, 0.3) is 0 Å². The first-order valence-corrected chi connectivity index (χ1v) is 3.74. The molecule has 13 heavy (non-hydrogen) atoms. The molecule has 0 saturated heterocycles. The first kappa shape index (κ1) is 9.07. The van der Waals surface area contributed by atoms with Crippen LogP contribution in [0.5, 0.6) is 0 Å². The van der Waals surface area contributed by atoms with Gasteiger partial charge in [-0.1, -0.05) is 0 Å². The van der Waals surface area contributed by atoms with Gasteiger partial charge in [0.1, 0.15) is 5.82 Å². The van der Waals surface area contributed by atoms with Crippen LogP contribution in [0.3, 0.4) is 0 Å². The van der Waals surface area contributed by atoms with E-state index >= 15 is 0 Å². The number of aromatic nitrogens is 1. The monoisotopic (exact) mass is 174 g/mol. The van der Waals surface area contributed by atoms with Gasteiger partial charge in [0.15, 0.2) is 0 Å². The van der Waals surface area contributed by atoms with E-state index in [9.17, 15) is 0 Å². The van der Waals surface area contributed by atoms with E-state index in [1.54, 1.807) is 12.1 Å². The van der Waals surface area contributed by atoms with Crippen LogP contribution in [-0.4, -0.2) is 4.98 Å². The van der Waals surface area contributed by atoms with Crippen molar-refractivity contribution in [3.63, 3.8) is 0 Å². The minimum Gasteiger partial charge on any atom is -0.396 e. The van der Waals surface area contributed by atoms with Gasteiger partial charge in [0.05, 0.1) is 11.8 Å². The summed E-state index contributed by atoms with van der Waals surface area (Å²) in [5.74, 6) is 0.326. The highest BCUT2D eigenvalue weighted by Crippen LogP contribution is 2.17. The third kappa shape index (κ3) is 1.97. The van der Waals surface area contributed by atoms with Gasteiger partial charge < -0.3 is 11.5 Å². The van der Waals surface area contributed by atoms with Crippen LogP contribution < -0.4 is 11.5 Å². The lowest BCUT2D eigenvalue weighted by Crippen LogP contribution is -2.00. The lowest BCUT2D eigenvalue weighted by Gasteiger charge is -2.03. The Labute approximate surface area is 76.5 Å². The maximum absolute atomic E-state index is 8.33. The van der Waals surface area contributed by atoms with E-state index in [-0.39, 0.29) is 0 Å². The molecule has 1 aromatic rings. The number of hydrogen-bond donors (Lipinski definition) is 2. The zero-order valence-corrected chi connectivity index (χ0v) is 7.28. The molecule has 0 aromatic carbocycles. The van der Waals surface area contributed by atoms with Crippen LogP contribution in [0.15, 0.2) is 12.1 Å². The van der Waals surface area contributed by atoms with Gasteiger partial charge in [0.2, 0.25) is 0 Å². The zero-order valence-electron chi connectivity index (χ0n) is 7.28. The molecule has 4 nitrogen and oxygen atoms in total. The van der Waals surface area contributed by atoms with Crippen LogP contribution in [0.1, 0.15) is 11.3 Å². The smallest absolute Gasteiger partial charge is 0.146 e. The minimum absolute atomic E-state index is 0.326. The number of allylic oxidation sites excluding steroid dienone is 1. The molecule has 0 amide bonds. The Kier molecular flexibility index (Phi) is 2.50. The molecular weight excluding hydrogens is 164 g/mol. The molecule has 0 aliphatic rings. The molecule has 1 rings (SSSR count). The van der Waals surface area contributed by atoms with Crippen molar-refractivity contribution in [2.75, 3.05) is 11.5 Å². The van der Waals surface area contributed by atoms with Crippen molar-refractivity contribution < 1.29 is 0 Å². The summed E-state index contributed by atoms with van der Waals surface area (Å²) in [4.78, 5) is 4.02. The number of nitriles is 1. The second-order valence-electron chi connectivity index (χ2n) is 2.60. The predicted molar refractivity (Wildman–Crippen MR) is 52.4 cm³/mol. The van der Waals surface area contributed by atoms with Crippen molar-refractivity contribution in [1.29, 1.82) is 5.26 Å². The number of nitrogens with zero attached hydrogens (tertiary/aromatic N) is 2. The number of anilines is 2. The molecule has 4 N–H and O–H groups in total. The highest BCUT2D eigenvalue weighted by atomic mass is 14.9. The summed E-state index contributed by atoms with van der Waals surface area (Å²) in [6, 6.07) is 3.60. The summed E-state index contributed by atoms with van der Waals surface area (Å²) in [6.45, 7) is 1.81. The van der Waals surface area contributed by atoms with Gasteiger partial charge in [-0.3, -0.25) is 0 Å². The highest BCUT2D eigenvalue weighted by Gasteiger charge is 2.00. The van der Waals surface area contributed by atoms with E-state index < -0.39 is 0 Å². The van der Waals surface area contributed by atoms with Crippen LogP contribution in [0.4, 0.5) is 11.5 Å². The third-order valence-corrected chi connectivity index (χ3v) is 1.65. The molecule has 0 radical (unpaired) electrons. The van der Waals surface area contributed by atoms with Crippen molar-refractivity contribution in [2.45, 2.75) is 6.92 Å². The maximum Gasteiger partial charge on any atom is 0.146 e. The Morgan fingerprint density at radius 2 is 2.23 bits per heavy atom. The Bertz CT molecular complexity index is 387. The molecule has 4 heteroatoms. The van der Waals surface area contributed by atoms with Crippen molar-refractivity contribution in [3.05, 3.63) is 23.4 Å². The summed E-state index contributed by atoms with van der Waals surface area (Å²) in [6.07, 6.45) is 3.03. The average molecular weight is 174 g/mol. The molecule has 0 bridgehead atoms. The Balaban J connectivity index is 3.17. The molecule has 0 atom stereocenters. The van der Waals surface area contributed by atoms with Crippen LogP contribution in [0, 0.1) is 18.3 Å². The van der Waals surface area contributed by atoms with E-state index in [1.807, 2.05) is 13.0 Å². The molecule has 1 heterocycles. The molecule has 0 unspecified atom stereocenters. The Hall–Kier alpha value is -2.02. The van der Waals surface area contributed by atoms with Crippen LogP contribution >= 0.6 is 0 Å². The molecule has 0 aliphatic carbocycles. The standard InChI is InChI=1S/C9H10N4/c1-6-7(3-2-4-10)5-8(11)9(12)13-6/h2-3,5H,11H2,1H3,(H2,12,13). The number of nitrogens with two attached hydrogens (primary N) is 2. The molecule has 0 spiro atoms. The third-order valence-electron chi connectivity index (χ3n) is 1.65. The number of aryl methyl sites for hydroxylation is 1. The molecule has 1 aromatic heterocycles. The van der Waals surface area contributed by atoms with Crippen molar-refractivity contribution in [2.24, 2.45) is 0 Å². The second-order valence-corrected chi connectivity index (χ2v) is 2.60. The fraction of sp³-hybridized carbons (Fsp3) is 0.111. The van der Waals surface area contributed by atoms with Crippen molar-refractivity contribution in [3.8, 4) is 6.07 Å². The molecular formula is C9H10N4. The minimum atomic E-state index is 0.326. The van der Waals surface area contributed by atoms with E-state index in [4.69, 9.17) is 16.7 Å². The van der Waals surface area contributed by atoms with Gasteiger partial charge in [-0.15, -0.1) is 0 Å². The van der Waals surface area contributed by atoms with Gasteiger partial charge in [-0.2, -0.15) is 5.26 Å². The summed E-state index contributed by atoms with van der Waals surface area (Å²) >= 11 is 0. The molecule has 0 saturated carbocycles. The fourth-order valence-corrected chi connectivity index (χ4v) is 0.951. The first-order valence-electron chi connectivity index (χ1n) is 3.74. The summed E-state index contributed by atoms with van der Waals surface area (Å²) in [7, 11) is 0. The average Bonchev–Trinajstić information content (AvgIpc) is 2.09. The summed E-state index contributed by atoms with van der Waals surface area (Å²) in [5.41, 5.74) is 13.1. The molecule has 0 aliphatic heterocycles. The van der Waals surface area contributed by atoms with E-state index in [0.29, 0.717) is 11.5 Å². The summed E-state index contributed by atoms with van der Waals surface area (Å²) in [5, 5.41) is 8.33. The van der Waals surface area contributed by atoms with Gasteiger partial charge >= 0.3 is 0 Å². The first-order chi connectivity index (χ1) is 6.15. The predicted octanol–water partition coefficient (Wildman–Crippen LogP) is 1.09. The zero-order chi connectivity index (χ0) is 9.84. The molecule has 0 fully saturated rings. The number of pyridine rings is 1. The summed E-state index contributed by atoms with van der Waals surface area (Å²) < 4.78 is 0. The van der Waals surface area contributed by atoms with Gasteiger partial charge in [-0.25, -0.2) is 4.98 Å². The van der Waals surface area contributed by atoms with Crippen LogP contribution in [0.25, 0.3) is 6.08 Å². The van der Waals surface area contributed by atoms with Crippen molar-refractivity contribution >= 4 is 17.6 Å².